The van der Waals surface area contributed by atoms with Crippen molar-refractivity contribution in [2.45, 2.75) is 76.3 Å². The van der Waals surface area contributed by atoms with E-state index in [9.17, 15) is 28.4 Å². The lowest BCUT2D eigenvalue weighted by molar-refractivity contribution is -0.135. The number of benzene rings is 2. The standard InChI is InChI=1S/C54H60F2N10O5/c1-32-25-36(26-40(55)49(32)35-12-19-62(20-13-35)33(2)46-28-38-43(9-16-58-50(38)60(46)4)65-31-41(56)42(57-3)29-48(65)68)52(70)64-17-10-34(11-18-64)30-61-21-23-63(24-22-61)37-5-6-44-39(27-37)54(14-15-54)53(71)66(44)45-7-8-47(67)59-51(45)69/h5-6,9,12,16,25-29,31,33-34,45,57H,7-8,10-11,13-15,17-24,30H2,1-4H3,(H,59,67,69)/t33-,45?/m0/s1. The summed E-state index contributed by atoms with van der Waals surface area (Å²) in [6.07, 6.45) is 9.41. The van der Waals surface area contributed by atoms with Crippen LogP contribution in [0.25, 0.3) is 22.3 Å². The molecular weight excluding hydrogens is 907 g/mol. The largest absolute Gasteiger partial charge is 0.386 e. The molecule has 1 unspecified atom stereocenters. The van der Waals surface area contributed by atoms with Crippen molar-refractivity contribution in [2.75, 3.05) is 81.1 Å². The molecule has 1 spiro atoms. The van der Waals surface area contributed by atoms with Gasteiger partial charge in [-0.25, -0.2) is 13.8 Å². The molecule has 2 atom stereocenters. The maximum absolute atomic E-state index is 16.1. The summed E-state index contributed by atoms with van der Waals surface area (Å²) >= 11 is 0. The van der Waals surface area contributed by atoms with Gasteiger partial charge in [0, 0.05) is 131 Å². The van der Waals surface area contributed by atoms with E-state index in [0.29, 0.717) is 67.4 Å². The lowest BCUT2D eigenvalue weighted by atomic mass is 9.92. The lowest BCUT2D eigenvalue weighted by Crippen LogP contribution is -2.54. The molecule has 1 aliphatic carbocycles. The molecule has 4 amide bonds. The zero-order chi connectivity index (χ0) is 49.5. The second-order valence-corrected chi connectivity index (χ2v) is 20.4. The average Bonchev–Trinajstić information content (AvgIpc) is 4.06. The Bertz CT molecular complexity index is 3080. The Balaban J connectivity index is 0.680. The van der Waals surface area contributed by atoms with Crippen molar-refractivity contribution in [2.24, 2.45) is 13.0 Å². The van der Waals surface area contributed by atoms with E-state index in [2.05, 4.69) is 55.4 Å². The molecule has 8 heterocycles. The first-order valence-electron chi connectivity index (χ1n) is 25.1. The Hall–Kier alpha value is -6.72. The number of nitrogens with zero attached hydrogens (tertiary/aromatic N) is 8. The quantitative estimate of drug-likeness (QED) is 0.158. The number of rotatable bonds is 10. The number of hydrogen-bond acceptors (Lipinski definition) is 10. The number of imide groups is 1. The first kappa shape index (κ1) is 46.7. The molecule has 370 valence electrons. The molecule has 71 heavy (non-hydrogen) atoms. The molecule has 5 aliphatic heterocycles. The van der Waals surface area contributed by atoms with Gasteiger partial charge in [0.25, 0.3) is 11.5 Å². The Morgan fingerprint density at radius 3 is 2.37 bits per heavy atom. The Labute approximate surface area is 411 Å². The number of aromatic nitrogens is 3. The van der Waals surface area contributed by atoms with Crippen molar-refractivity contribution < 1.29 is 28.0 Å². The van der Waals surface area contributed by atoms with E-state index in [1.54, 1.807) is 24.2 Å². The highest BCUT2D eigenvalue weighted by Crippen LogP contribution is 2.59. The zero-order valence-corrected chi connectivity index (χ0v) is 40.8. The molecule has 0 bridgehead atoms. The number of likely N-dealkylation sites (tertiary alicyclic amines) is 1. The van der Waals surface area contributed by atoms with E-state index in [-0.39, 0.29) is 47.2 Å². The lowest BCUT2D eigenvalue weighted by Gasteiger charge is -2.40. The van der Waals surface area contributed by atoms with Crippen molar-refractivity contribution in [1.29, 1.82) is 0 Å². The predicted molar refractivity (Wildman–Crippen MR) is 268 cm³/mol. The summed E-state index contributed by atoms with van der Waals surface area (Å²) in [4.78, 5) is 80.5. The molecule has 1 saturated carbocycles. The number of halogens is 2. The molecule has 3 aromatic heterocycles. The SMILES string of the molecule is CNc1cc(=O)n(-c2ccnc3c2cc([C@H](C)N2CC=C(c4c(C)cc(C(=O)N5CCC(CN6CCN(c7ccc8c(c7)C7(CC7)C(=O)N8C7CCC(=O)NC7=O)CC6)CC5)cc4F)CC2)n3C)cc1F. The summed E-state index contributed by atoms with van der Waals surface area (Å²) in [6, 6.07) is 13.7. The van der Waals surface area contributed by atoms with Crippen LogP contribution in [0.2, 0.25) is 0 Å². The first-order chi connectivity index (χ1) is 34.2. The number of nitrogens with one attached hydrogen (secondary N) is 2. The minimum absolute atomic E-state index is 0.0193. The smallest absolute Gasteiger partial charge is 0.257 e. The van der Waals surface area contributed by atoms with Crippen LogP contribution in [-0.4, -0.2) is 124 Å². The summed E-state index contributed by atoms with van der Waals surface area (Å²) in [7, 11) is 3.51. The van der Waals surface area contributed by atoms with Crippen LogP contribution >= 0.6 is 0 Å². The van der Waals surface area contributed by atoms with Gasteiger partial charge in [-0.15, -0.1) is 0 Å². The number of hydrogen-bond donors (Lipinski definition) is 2. The summed E-state index contributed by atoms with van der Waals surface area (Å²) < 4.78 is 34.2. The van der Waals surface area contributed by atoms with Crippen molar-refractivity contribution in [1.82, 2.24) is 34.1 Å². The molecule has 17 heteroatoms. The summed E-state index contributed by atoms with van der Waals surface area (Å²) in [5, 5.41) is 5.87. The topological polar surface area (TPSA) is 148 Å². The number of amides is 4. The van der Waals surface area contributed by atoms with Crippen molar-refractivity contribution in [3.63, 3.8) is 0 Å². The van der Waals surface area contributed by atoms with E-state index in [1.807, 2.05) is 41.6 Å². The maximum Gasteiger partial charge on any atom is 0.257 e. The third-order valence-corrected chi connectivity index (χ3v) is 16.4. The van der Waals surface area contributed by atoms with E-state index < -0.39 is 23.2 Å². The fourth-order valence-electron chi connectivity index (χ4n) is 12.1. The molecule has 3 saturated heterocycles. The highest BCUT2D eigenvalue weighted by molar-refractivity contribution is 6.15. The molecule has 0 radical (unpaired) electrons. The Morgan fingerprint density at radius 2 is 1.68 bits per heavy atom. The number of carbonyl (C=O) groups is 4. The molecule has 15 nitrogen and oxygen atoms in total. The van der Waals surface area contributed by atoms with Gasteiger partial charge in [0.2, 0.25) is 17.7 Å². The maximum atomic E-state index is 16.1. The van der Waals surface area contributed by atoms with Crippen LogP contribution < -0.4 is 26.0 Å². The van der Waals surface area contributed by atoms with Gasteiger partial charge < -0.3 is 19.7 Å². The minimum Gasteiger partial charge on any atom is -0.386 e. The van der Waals surface area contributed by atoms with Gasteiger partial charge in [-0.05, 0) is 117 Å². The summed E-state index contributed by atoms with van der Waals surface area (Å²) in [5.74, 6) is -1.30. The number of pyridine rings is 2. The van der Waals surface area contributed by atoms with Crippen molar-refractivity contribution >= 4 is 57.3 Å². The van der Waals surface area contributed by atoms with Crippen LogP contribution in [0.15, 0.2) is 71.8 Å². The van der Waals surface area contributed by atoms with Crippen LogP contribution in [0, 0.1) is 24.5 Å². The average molecular weight is 967 g/mol. The van der Waals surface area contributed by atoms with Gasteiger partial charge in [0.05, 0.1) is 23.0 Å². The summed E-state index contributed by atoms with van der Waals surface area (Å²) in [5.41, 5.74) is 6.91. The highest BCUT2D eigenvalue weighted by Gasteiger charge is 2.61. The van der Waals surface area contributed by atoms with Crippen LogP contribution in [0.5, 0.6) is 0 Å². The predicted octanol–water partition coefficient (Wildman–Crippen LogP) is 6.06. The number of anilines is 3. The van der Waals surface area contributed by atoms with E-state index in [0.717, 1.165) is 97.6 Å². The third-order valence-electron chi connectivity index (χ3n) is 16.4. The molecule has 6 aliphatic rings. The molecule has 5 aromatic rings. The number of piperidine rings is 2. The van der Waals surface area contributed by atoms with Crippen LogP contribution in [0.1, 0.15) is 90.7 Å². The fraction of sp³-hybridized carbons (Fsp3) is 0.444. The van der Waals surface area contributed by atoms with Crippen LogP contribution in [0.4, 0.5) is 25.8 Å². The second kappa shape index (κ2) is 18.2. The molecule has 11 rings (SSSR count). The second-order valence-electron chi connectivity index (χ2n) is 20.4. The van der Waals surface area contributed by atoms with Crippen LogP contribution in [-0.2, 0) is 26.8 Å². The number of carbonyl (C=O) groups excluding carboxylic acids is 4. The fourth-order valence-corrected chi connectivity index (χ4v) is 12.1. The van der Waals surface area contributed by atoms with Gasteiger partial charge in [-0.3, -0.25) is 48.6 Å². The van der Waals surface area contributed by atoms with Gasteiger partial charge in [0.1, 0.15) is 17.5 Å². The minimum atomic E-state index is -0.659. The summed E-state index contributed by atoms with van der Waals surface area (Å²) in [6.45, 7) is 11.0. The van der Waals surface area contributed by atoms with E-state index >= 15 is 4.39 Å². The van der Waals surface area contributed by atoms with Gasteiger partial charge in [-0.2, -0.15) is 0 Å². The molecule has 4 fully saturated rings. The first-order valence-corrected chi connectivity index (χ1v) is 25.1. The van der Waals surface area contributed by atoms with Gasteiger partial charge >= 0.3 is 0 Å². The zero-order valence-electron chi connectivity index (χ0n) is 40.8. The van der Waals surface area contributed by atoms with E-state index in [4.69, 9.17) is 0 Å². The third kappa shape index (κ3) is 8.20. The highest BCUT2D eigenvalue weighted by atomic mass is 19.1. The van der Waals surface area contributed by atoms with E-state index in [1.165, 1.54) is 22.9 Å². The number of aryl methyl sites for hydroxylation is 2. The molecular formula is C54H60F2N10O5. The number of piperazine rings is 1. The van der Waals surface area contributed by atoms with Gasteiger partial charge in [0.15, 0.2) is 5.82 Å². The molecule has 2 aromatic carbocycles. The van der Waals surface area contributed by atoms with Crippen molar-refractivity contribution in [3.8, 4) is 5.69 Å². The normalized spacial score (nSPS) is 21.2. The Morgan fingerprint density at radius 1 is 0.901 bits per heavy atom. The van der Waals surface area contributed by atoms with Crippen molar-refractivity contribution in [3.05, 3.63) is 117 Å². The van der Waals surface area contributed by atoms with Crippen LogP contribution in [0.3, 0.4) is 0 Å². The molecule has 2 N–H and O–H groups in total. The monoisotopic (exact) mass is 966 g/mol. The Kier molecular flexibility index (Phi) is 11.9. The van der Waals surface area contributed by atoms with Gasteiger partial charge in [-0.1, -0.05) is 6.08 Å². The number of fused-ring (bicyclic) bond motifs is 3.